The summed E-state index contributed by atoms with van der Waals surface area (Å²) < 4.78 is 0. The van der Waals surface area contributed by atoms with Crippen molar-refractivity contribution in [2.45, 2.75) is 32.9 Å². The Morgan fingerprint density at radius 1 is 1.33 bits per heavy atom. The first-order valence-corrected chi connectivity index (χ1v) is 7.93. The van der Waals surface area contributed by atoms with Gasteiger partial charge in [-0.05, 0) is 31.2 Å². The van der Waals surface area contributed by atoms with E-state index < -0.39 is 0 Å². The molecule has 1 aromatic carbocycles. The molecule has 3 heteroatoms. The van der Waals surface area contributed by atoms with Gasteiger partial charge in [0.15, 0.2) is 0 Å². The molecule has 0 bridgehead atoms. The van der Waals surface area contributed by atoms with Gasteiger partial charge < -0.3 is 10.2 Å². The van der Waals surface area contributed by atoms with Gasteiger partial charge in [-0.25, -0.2) is 0 Å². The molecule has 0 aromatic heterocycles. The zero-order valence-electron chi connectivity index (χ0n) is 11.7. The normalized spacial score (nSPS) is 18.3. The largest absolute Gasteiger partial charge is 0.369 e. The Labute approximate surface area is 115 Å². The third-order valence-electron chi connectivity index (χ3n) is 3.39. The van der Waals surface area contributed by atoms with Crippen LogP contribution in [0.1, 0.15) is 26.3 Å². The highest BCUT2D eigenvalue weighted by Gasteiger charge is 2.26. The Bertz CT molecular complexity index is 390. The average Bonchev–Trinajstić information content (AvgIpc) is 2.48. The van der Waals surface area contributed by atoms with Crippen LogP contribution >= 0.6 is 11.8 Å². The smallest absolute Gasteiger partial charge is 0.0412 e. The molecule has 100 valence electrons. The summed E-state index contributed by atoms with van der Waals surface area (Å²) in [6.07, 6.45) is 0. The Balaban J connectivity index is 2.17. The number of nitrogens with zero attached hydrogens (tertiary/aromatic N) is 1. The molecule has 0 unspecified atom stereocenters. The quantitative estimate of drug-likeness (QED) is 0.841. The molecular formula is C15H24N2S. The summed E-state index contributed by atoms with van der Waals surface area (Å²) in [5.74, 6) is 2.41. The highest BCUT2D eigenvalue weighted by molar-refractivity contribution is 7.99. The van der Waals surface area contributed by atoms with Crippen molar-refractivity contribution in [3.05, 3.63) is 29.8 Å². The molecule has 0 spiro atoms. The van der Waals surface area contributed by atoms with E-state index in [-0.39, 0.29) is 5.54 Å². The minimum atomic E-state index is 0.176. The summed E-state index contributed by atoms with van der Waals surface area (Å²) in [6, 6.07) is 8.79. The van der Waals surface area contributed by atoms with E-state index in [9.17, 15) is 0 Å². The van der Waals surface area contributed by atoms with Crippen LogP contribution in [-0.4, -0.2) is 30.1 Å². The number of benzene rings is 1. The molecule has 18 heavy (non-hydrogen) atoms. The number of hydrogen-bond acceptors (Lipinski definition) is 3. The molecule has 0 aliphatic carbocycles. The van der Waals surface area contributed by atoms with Crippen molar-refractivity contribution in [3.63, 3.8) is 0 Å². The summed E-state index contributed by atoms with van der Waals surface area (Å²) in [6.45, 7) is 10.00. The van der Waals surface area contributed by atoms with Crippen LogP contribution in [0.5, 0.6) is 0 Å². The van der Waals surface area contributed by atoms with Crippen molar-refractivity contribution in [3.8, 4) is 0 Å². The van der Waals surface area contributed by atoms with E-state index in [1.807, 2.05) is 11.8 Å². The minimum Gasteiger partial charge on any atom is -0.369 e. The number of thioether (sulfide) groups is 1. The lowest BCUT2D eigenvalue weighted by molar-refractivity contribution is 0.397. The van der Waals surface area contributed by atoms with Crippen LogP contribution in [0, 0.1) is 0 Å². The van der Waals surface area contributed by atoms with Gasteiger partial charge in [0.1, 0.15) is 0 Å². The summed E-state index contributed by atoms with van der Waals surface area (Å²) in [7, 11) is 0. The molecule has 2 rings (SSSR count). The summed E-state index contributed by atoms with van der Waals surface area (Å²) in [5, 5.41) is 3.65. The van der Waals surface area contributed by atoms with E-state index in [1.54, 1.807) is 0 Å². The zero-order valence-corrected chi connectivity index (χ0v) is 12.5. The molecule has 0 amide bonds. The molecule has 1 aliphatic rings. The standard InChI is InChI=1S/C15H24N2S/c1-4-18-10-9-17-12-15(2,3)16-11-13-7-5-6-8-14(13)17/h5-8,16H,4,9-12H2,1-3H3. The predicted octanol–water partition coefficient (Wildman–Crippen LogP) is 3.13. The van der Waals surface area contributed by atoms with Gasteiger partial charge in [0.05, 0.1) is 0 Å². The lowest BCUT2D eigenvalue weighted by Crippen LogP contribution is -2.47. The summed E-state index contributed by atoms with van der Waals surface area (Å²) in [4.78, 5) is 2.54. The fraction of sp³-hybridized carbons (Fsp3) is 0.600. The summed E-state index contributed by atoms with van der Waals surface area (Å²) in [5.41, 5.74) is 3.01. The first-order chi connectivity index (χ1) is 8.62. The second-order valence-electron chi connectivity index (χ2n) is 5.48. The maximum Gasteiger partial charge on any atom is 0.0412 e. The Kier molecular flexibility index (Phi) is 4.57. The molecule has 0 radical (unpaired) electrons. The van der Waals surface area contributed by atoms with Crippen molar-refractivity contribution in [1.29, 1.82) is 0 Å². The second-order valence-corrected chi connectivity index (χ2v) is 6.88. The molecule has 0 saturated heterocycles. The molecule has 0 atom stereocenters. The highest BCUT2D eigenvalue weighted by atomic mass is 32.2. The highest BCUT2D eigenvalue weighted by Crippen LogP contribution is 2.26. The second kappa shape index (κ2) is 5.98. The van der Waals surface area contributed by atoms with Gasteiger partial charge in [-0.15, -0.1) is 0 Å². The SMILES string of the molecule is CCSCCN1CC(C)(C)NCc2ccccc21. The Morgan fingerprint density at radius 3 is 2.89 bits per heavy atom. The van der Waals surface area contributed by atoms with Crippen molar-refractivity contribution in [2.24, 2.45) is 0 Å². The zero-order chi connectivity index (χ0) is 13.0. The molecule has 1 aromatic rings. The third kappa shape index (κ3) is 3.42. The minimum absolute atomic E-state index is 0.176. The van der Waals surface area contributed by atoms with E-state index >= 15 is 0 Å². The maximum absolute atomic E-state index is 3.65. The van der Waals surface area contributed by atoms with Crippen molar-refractivity contribution in [1.82, 2.24) is 5.32 Å². The monoisotopic (exact) mass is 264 g/mol. The number of fused-ring (bicyclic) bond motifs is 1. The van der Waals surface area contributed by atoms with Gasteiger partial charge in [0.25, 0.3) is 0 Å². The van der Waals surface area contributed by atoms with Gasteiger partial charge in [0, 0.05) is 36.6 Å². The van der Waals surface area contributed by atoms with Crippen molar-refractivity contribution in [2.75, 3.05) is 29.5 Å². The Morgan fingerprint density at radius 2 is 2.11 bits per heavy atom. The van der Waals surface area contributed by atoms with E-state index in [0.717, 1.165) is 19.6 Å². The lowest BCUT2D eigenvalue weighted by atomic mass is 10.1. The average molecular weight is 264 g/mol. The van der Waals surface area contributed by atoms with Gasteiger partial charge >= 0.3 is 0 Å². The van der Waals surface area contributed by atoms with Gasteiger partial charge in [0.2, 0.25) is 0 Å². The Hall–Kier alpha value is -0.670. The molecule has 1 N–H and O–H groups in total. The third-order valence-corrected chi connectivity index (χ3v) is 4.27. The van der Waals surface area contributed by atoms with E-state index in [0.29, 0.717) is 0 Å². The fourth-order valence-corrected chi connectivity index (χ4v) is 3.08. The van der Waals surface area contributed by atoms with Gasteiger partial charge in [-0.1, -0.05) is 25.1 Å². The first kappa shape index (κ1) is 13.8. The van der Waals surface area contributed by atoms with E-state index in [2.05, 4.69) is 55.3 Å². The van der Waals surface area contributed by atoms with Crippen molar-refractivity contribution < 1.29 is 0 Å². The summed E-state index contributed by atoms with van der Waals surface area (Å²) >= 11 is 2.02. The van der Waals surface area contributed by atoms with Gasteiger partial charge in [-0.2, -0.15) is 11.8 Å². The van der Waals surface area contributed by atoms with Crippen LogP contribution in [0.3, 0.4) is 0 Å². The van der Waals surface area contributed by atoms with Crippen LogP contribution < -0.4 is 10.2 Å². The maximum atomic E-state index is 3.65. The molecule has 1 aliphatic heterocycles. The van der Waals surface area contributed by atoms with Crippen LogP contribution in [-0.2, 0) is 6.54 Å². The number of para-hydroxylation sites is 1. The van der Waals surface area contributed by atoms with Crippen LogP contribution in [0.15, 0.2) is 24.3 Å². The van der Waals surface area contributed by atoms with Crippen LogP contribution in [0.4, 0.5) is 5.69 Å². The number of rotatable bonds is 4. The molecular weight excluding hydrogens is 240 g/mol. The molecule has 1 heterocycles. The fourth-order valence-electron chi connectivity index (χ4n) is 2.44. The van der Waals surface area contributed by atoms with Gasteiger partial charge in [-0.3, -0.25) is 0 Å². The molecule has 2 nitrogen and oxygen atoms in total. The molecule has 0 fully saturated rings. The number of nitrogens with one attached hydrogen (secondary N) is 1. The first-order valence-electron chi connectivity index (χ1n) is 6.78. The predicted molar refractivity (Wildman–Crippen MR) is 82.6 cm³/mol. The lowest BCUT2D eigenvalue weighted by Gasteiger charge is -2.32. The van der Waals surface area contributed by atoms with E-state index in [4.69, 9.17) is 0 Å². The van der Waals surface area contributed by atoms with Crippen LogP contribution in [0.2, 0.25) is 0 Å². The number of hydrogen-bond donors (Lipinski definition) is 1. The molecule has 0 saturated carbocycles. The number of anilines is 1. The topological polar surface area (TPSA) is 15.3 Å². The van der Waals surface area contributed by atoms with E-state index in [1.165, 1.54) is 22.8 Å². The van der Waals surface area contributed by atoms with Crippen LogP contribution in [0.25, 0.3) is 0 Å². The van der Waals surface area contributed by atoms with Crippen molar-refractivity contribution >= 4 is 17.4 Å².